The molecule has 2 atom stereocenters. The lowest BCUT2D eigenvalue weighted by Crippen LogP contribution is -2.43. The lowest BCUT2D eigenvalue weighted by atomic mass is 9.94. The van der Waals surface area contributed by atoms with Gasteiger partial charge >= 0.3 is 0 Å². The second-order valence-corrected chi connectivity index (χ2v) is 5.72. The summed E-state index contributed by atoms with van der Waals surface area (Å²) in [4.78, 5) is 6.86. The third-order valence-electron chi connectivity index (χ3n) is 3.77. The van der Waals surface area contributed by atoms with E-state index in [1.807, 2.05) is 12.1 Å². The van der Waals surface area contributed by atoms with Crippen LogP contribution in [0.4, 0.5) is 11.5 Å². The fourth-order valence-electron chi connectivity index (χ4n) is 2.60. The first-order valence-corrected chi connectivity index (χ1v) is 7.44. The predicted octanol–water partition coefficient (Wildman–Crippen LogP) is 2.20. The largest absolute Gasteiger partial charge is 0.476 e. The molecule has 1 aliphatic heterocycles. The van der Waals surface area contributed by atoms with Gasteiger partial charge in [-0.1, -0.05) is 13.8 Å². The van der Waals surface area contributed by atoms with Crippen LogP contribution in [-0.4, -0.2) is 42.7 Å². The van der Waals surface area contributed by atoms with E-state index in [4.69, 9.17) is 10.5 Å². The number of hydrogen-bond acceptors (Lipinski definition) is 5. The monoisotopic (exact) mass is 278 g/mol. The Morgan fingerprint density at radius 2 is 2.30 bits per heavy atom. The SMILES string of the molecule is CCCOc1nc(NC2CCN(C)CC2C)ccc1N. The molecule has 1 aromatic heterocycles. The first-order chi connectivity index (χ1) is 9.60. The van der Waals surface area contributed by atoms with Gasteiger partial charge in [0.05, 0.1) is 12.3 Å². The number of anilines is 2. The van der Waals surface area contributed by atoms with Gasteiger partial charge in [-0.05, 0) is 44.5 Å². The van der Waals surface area contributed by atoms with E-state index in [1.165, 1.54) is 0 Å². The molecule has 1 aromatic rings. The van der Waals surface area contributed by atoms with Crippen molar-refractivity contribution < 1.29 is 4.74 Å². The number of likely N-dealkylation sites (tertiary alicyclic amines) is 1. The van der Waals surface area contributed by atoms with Crippen molar-refractivity contribution in [2.75, 3.05) is 37.8 Å². The van der Waals surface area contributed by atoms with E-state index in [2.05, 4.69) is 36.1 Å². The van der Waals surface area contributed by atoms with Gasteiger partial charge in [-0.2, -0.15) is 4.98 Å². The molecule has 2 rings (SSSR count). The lowest BCUT2D eigenvalue weighted by Gasteiger charge is -2.35. The molecule has 5 heteroatoms. The van der Waals surface area contributed by atoms with Gasteiger partial charge in [0, 0.05) is 12.6 Å². The Labute approximate surface area is 121 Å². The van der Waals surface area contributed by atoms with Crippen LogP contribution < -0.4 is 15.8 Å². The van der Waals surface area contributed by atoms with Crippen LogP contribution in [0.1, 0.15) is 26.7 Å². The Morgan fingerprint density at radius 1 is 1.50 bits per heavy atom. The molecule has 0 radical (unpaired) electrons. The Hall–Kier alpha value is -1.49. The maximum Gasteiger partial charge on any atom is 0.239 e. The van der Waals surface area contributed by atoms with Gasteiger partial charge in [0.15, 0.2) is 0 Å². The van der Waals surface area contributed by atoms with Crippen LogP contribution in [0, 0.1) is 5.92 Å². The fraction of sp³-hybridized carbons (Fsp3) is 0.667. The fourth-order valence-corrected chi connectivity index (χ4v) is 2.60. The molecule has 1 saturated heterocycles. The van der Waals surface area contributed by atoms with Crippen LogP contribution in [0.3, 0.4) is 0 Å². The highest BCUT2D eigenvalue weighted by molar-refractivity contribution is 5.53. The number of rotatable bonds is 5. The molecule has 2 unspecified atom stereocenters. The maximum absolute atomic E-state index is 5.89. The average molecular weight is 278 g/mol. The number of ether oxygens (including phenoxy) is 1. The summed E-state index contributed by atoms with van der Waals surface area (Å²) in [6, 6.07) is 4.25. The van der Waals surface area contributed by atoms with Crippen molar-refractivity contribution in [3.8, 4) is 5.88 Å². The van der Waals surface area contributed by atoms with E-state index in [9.17, 15) is 0 Å². The second-order valence-electron chi connectivity index (χ2n) is 5.72. The van der Waals surface area contributed by atoms with E-state index in [-0.39, 0.29) is 0 Å². The molecule has 20 heavy (non-hydrogen) atoms. The summed E-state index contributed by atoms with van der Waals surface area (Å²) in [6.45, 7) is 7.23. The van der Waals surface area contributed by atoms with Gasteiger partial charge in [-0.3, -0.25) is 0 Å². The molecular formula is C15H26N4O. The molecule has 5 nitrogen and oxygen atoms in total. The van der Waals surface area contributed by atoms with Crippen LogP contribution >= 0.6 is 0 Å². The third kappa shape index (κ3) is 3.76. The van der Waals surface area contributed by atoms with Crippen LogP contribution in [0.15, 0.2) is 12.1 Å². The Morgan fingerprint density at radius 3 is 3.00 bits per heavy atom. The summed E-state index contributed by atoms with van der Waals surface area (Å²) in [5.74, 6) is 2.00. The minimum absolute atomic E-state index is 0.460. The van der Waals surface area contributed by atoms with Crippen LogP contribution in [0.5, 0.6) is 5.88 Å². The quantitative estimate of drug-likeness (QED) is 0.864. The van der Waals surface area contributed by atoms with Crippen LogP contribution in [0.25, 0.3) is 0 Å². The van der Waals surface area contributed by atoms with Crippen molar-refractivity contribution in [1.29, 1.82) is 0 Å². The Balaban J connectivity index is 2.02. The molecule has 1 aliphatic rings. The number of hydrogen-bond donors (Lipinski definition) is 2. The molecule has 112 valence electrons. The first kappa shape index (κ1) is 14.9. The van der Waals surface area contributed by atoms with Gasteiger partial charge < -0.3 is 20.7 Å². The summed E-state index contributed by atoms with van der Waals surface area (Å²) in [5.41, 5.74) is 6.48. The van der Waals surface area contributed by atoms with E-state index in [0.29, 0.717) is 30.1 Å². The highest BCUT2D eigenvalue weighted by Crippen LogP contribution is 2.24. The first-order valence-electron chi connectivity index (χ1n) is 7.44. The van der Waals surface area contributed by atoms with E-state index in [0.717, 1.165) is 31.7 Å². The zero-order valence-corrected chi connectivity index (χ0v) is 12.7. The van der Waals surface area contributed by atoms with Gasteiger partial charge in [-0.25, -0.2) is 0 Å². The summed E-state index contributed by atoms with van der Waals surface area (Å²) in [6.07, 6.45) is 2.08. The minimum Gasteiger partial charge on any atom is -0.476 e. The third-order valence-corrected chi connectivity index (χ3v) is 3.77. The molecule has 3 N–H and O–H groups in total. The molecule has 0 amide bonds. The summed E-state index contributed by atoms with van der Waals surface area (Å²) >= 11 is 0. The normalized spacial score (nSPS) is 23.6. The molecule has 1 fully saturated rings. The number of aromatic nitrogens is 1. The van der Waals surface area contributed by atoms with Crippen molar-refractivity contribution in [1.82, 2.24) is 9.88 Å². The topological polar surface area (TPSA) is 63.4 Å². The second kappa shape index (κ2) is 6.79. The summed E-state index contributed by atoms with van der Waals surface area (Å²) in [5, 5.41) is 3.52. The highest BCUT2D eigenvalue weighted by atomic mass is 16.5. The van der Waals surface area contributed by atoms with Crippen LogP contribution in [-0.2, 0) is 0 Å². The molecule has 2 heterocycles. The number of pyridine rings is 1. The molecule has 0 saturated carbocycles. The van der Waals surface area contributed by atoms with Crippen molar-refractivity contribution in [3.63, 3.8) is 0 Å². The summed E-state index contributed by atoms with van der Waals surface area (Å²) < 4.78 is 5.58. The van der Waals surface area contributed by atoms with Crippen molar-refractivity contribution >= 4 is 11.5 Å². The van der Waals surface area contributed by atoms with Gasteiger partial charge in [0.25, 0.3) is 0 Å². The standard InChI is InChI=1S/C15H26N4O/c1-4-9-20-15-12(16)5-6-14(18-15)17-13-7-8-19(3)10-11(13)2/h5-6,11,13H,4,7-10,16H2,1-3H3,(H,17,18). The van der Waals surface area contributed by atoms with E-state index in [1.54, 1.807) is 0 Å². The van der Waals surface area contributed by atoms with E-state index < -0.39 is 0 Å². The molecule has 0 aromatic carbocycles. The highest BCUT2D eigenvalue weighted by Gasteiger charge is 2.24. The minimum atomic E-state index is 0.460. The number of piperidine rings is 1. The van der Waals surface area contributed by atoms with Gasteiger partial charge in [0.1, 0.15) is 5.82 Å². The van der Waals surface area contributed by atoms with Crippen molar-refractivity contribution in [2.45, 2.75) is 32.7 Å². The molecule has 0 bridgehead atoms. The Kier molecular flexibility index (Phi) is 5.06. The number of nitrogen functional groups attached to an aromatic ring is 1. The zero-order valence-electron chi connectivity index (χ0n) is 12.7. The molecular weight excluding hydrogens is 252 g/mol. The van der Waals surface area contributed by atoms with Gasteiger partial charge in [0.2, 0.25) is 5.88 Å². The van der Waals surface area contributed by atoms with Crippen molar-refractivity contribution in [2.24, 2.45) is 5.92 Å². The van der Waals surface area contributed by atoms with Crippen molar-refractivity contribution in [3.05, 3.63) is 12.1 Å². The summed E-state index contributed by atoms with van der Waals surface area (Å²) in [7, 11) is 2.17. The average Bonchev–Trinajstić information content (AvgIpc) is 2.42. The van der Waals surface area contributed by atoms with Gasteiger partial charge in [-0.15, -0.1) is 0 Å². The predicted molar refractivity (Wildman–Crippen MR) is 83.1 cm³/mol. The molecule has 0 aliphatic carbocycles. The number of nitrogens with one attached hydrogen (secondary N) is 1. The number of nitrogens with zero attached hydrogens (tertiary/aromatic N) is 2. The number of nitrogens with two attached hydrogens (primary N) is 1. The van der Waals surface area contributed by atoms with E-state index >= 15 is 0 Å². The Bertz CT molecular complexity index is 438. The zero-order chi connectivity index (χ0) is 14.5. The molecule has 0 spiro atoms. The van der Waals surface area contributed by atoms with Crippen LogP contribution in [0.2, 0.25) is 0 Å². The smallest absolute Gasteiger partial charge is 0.239 e. The maximum atomic E-state index is 5.89. The lowest BCUT2D eigenvalue weighted by molar-refractivity contribution is 0.206.